The van der Waals surface area contributed by atoms with Gasteiger partial charge in [0.2, 0.25) is 0 Å². The van der Waals surface area contributed by atoms with Crippen LogP contribution in [0.3, 0.4) is 0 Å². The normalized spacial score (nSPS) is 16.8. The monoisotopic (exact) mass is 158 g/mol. The van der Waals surface area contributed by atoms with Crippen molar-refractivity contribution in [3.8, 4) is 0 Å². The molecular weight excluding hydrogens is 144 g/mol. The molecule has 0 aliphatic heterocycles. The Labute approximate surface area is 73.2 Å². The van der Waals surface area contributed by atoms with Gasteiger partial charge < -0.3 is 0 Å². The Morgan fingerprint density at radius 2 is 1.50 bits per heavy atom. The van der Waals surface area contributed by atoms with Crippen LogP contribution in [0.4, 0.5) is 0 Å². The van der Waals surface area contributed by atoms with Gasteiger partial charge in [-0.05, 0) is 36.1 Å². The second kappa shape index (κ2) is 3.14. The van der Waals surface area contributed by atoms with Crippen LogP contribution in [0.1, 0.15) is 25.7 Å². The van der Waals surface area contributed by atoms with Crippen LogP contribution in [0.2, 0.25) is 0 Å². The SMILES string of the molecule is C=c1ccc(=C2CCCC2)cc1. The van der Waals surface area contributed by atoms with Crippen LogP contribution in [0.15, 0.2) is 24.3 Å². The highest BCUT2D eigenvalue weighted by Crippen LogP contribution is 2.23. The molecule has 0 amide bonds. The maximum Gasteiger partial charge on any atom is -0.0264 e. The Hall–Kier alpha value is -1.04. The van der Waals surface area contributed by atoms with E-state index in [1.54, 1.807) is 5.57 Å². The zero-order valence-electron chi connectivity index (χ0n) is 7.34. The smallest absolute Gasteiger partial charge is 0.0264 e. The van der Waals surface area contributed by atoms with E-state index in [0.717, 1.165) is 5.22 Å². The minimum atomic E-state index is 1.11. The summed E-state index contributed by atoms with van der Waals surface area (Å²) in [4.78, 5) is 0. The first-order chi connectivity index (χ1) is 5.86. The van der Waals surface area contributed by atoms with E-state index >= 15 is 0 Å². The van der Waals surface area contributed by atoms with Crippen LogP contribution in [0.5, 0.6) is 0 Å². The van der Waals surface area contributed by atoms with Gasteiger partial charge in [0.25, 0.3) is 0 Å². The van der Waals surface area contributed by atoms with Gasteiger partial charge in [0, 0.05) is 0 Å². The third-order valence-corrected chi connectivity index (χ3v) is 2.57. The molecule has 1 fully saturated rings. The zero-order valence-corrected chi connectivity index (χ0v) is 7.34. The summed E-state index contributed by atoms with van der Waals surface area (Å²) in [6.07, 6.45) is 5.36. The van der Waals surface area contributed by atoms with Crippen molar-refractivity contribution in [3.05, 3.63) is 34.7 Å². The van der Waals surface area contributed by atoms with Gasteiger partial charge in [0.05, 0.1) is 0 Å². The molecule has 0 unspecified atom stereocenters. The maximum atomic E-state index is 3.88. The van der Waals surface area contributed by atoms with Crippen LogP contribution >= 0.6 is 0 Å². The lowest BCUT2D eigenvalue weighted by Gasteiger charge is -1.93. The largest absolute Gasteiger partial charge is 0.0918 e. The van der Waals surface area contributed by atoms with E-state index in [1.165, 1.54) is 30.9 Å². The molecule has 1 aliphatic carbocycles. The fourth-order valence-electron chi connectivity index (χ4n) is 1.83. The quantitative estimate of drug-likeness (QED) is 0.540. The lowest BCUT2D eigenvalue weighted by Crippen LogP contribution is -2.07. The average Bonchev–Trinajstić information content (AvgIpc) is 2.58. The maximum absolute atomic E-state index is 3.88. The molecule has 0 saturated heterocycles. The molecule has 0 atom stereocenters. The molecule has 0 nitrogen and oxygen atoms in total. The molecule has 0 bridgehead atoms. The summed E-state index contributed by atoms with van der Waals surface area (Å²) in [7, 11) is 0. The number of hydrogen-bond donors (Lipinski definition) is 0. The third kappa shape index (κ3) is 1.42. The number of hydrogen-bond acceptors (Lipinski definition) is 0. The van der Waals surface area contributed by atoms with E-state index in [0.29, 0.717) is 0 Å². The Morgan fingerprint density at radius 3 is 2.08 bits per heavy atom. The van der Waals surface area contributed by atoms with Gasteiger partial charge in [-0.2, -0.15) is 0 Å². The molecule has 62 valence electrons. The molecule has 2 rings (SSSR count). The predicted octanol–water partition coefficient (Wildman–Crippen LogP) is 1.82. The van der Waals surface area contributed by atoms with Gasteiger partial charge in [-0.3, -0.25) is 0 Å². The summed E-state index contributed by atoms with van der Waals surface area (Å²) in [5, 5.41) is 2.54. The van der Waals surface area contributed by atoms with E-state index < -0.39 is 0 Å². The Balaban J connectivity index is 2.51. The summed E-state index contributed by atoms with van der Waals surface area (Å²) in [6.45, 7) is 3.88. The Bertz CT molecular complexity index is 342. The average molecular weight is 158 g/mol. The van der Waals surface area contributed by atoms with E-state index in [4.69, 9.17) is 0 Å². The van der Waals surface area contributed by atoms with Gasteiger partial charge in [-0.25, -0.2) is 0 Å². The van der Waals surface area contributed by atoms with Crippen molar-refractivity contribution in [2.24, 2.45) is 0 Å². The minimum Gasteiger partial charge on any atom is -0.0918 e. The molecular formula is C12H14. The van der Waals surface area contributed by atoms with Crippen molar-refractivity contribution < 1.29 is 0 Å². The third-order valence-electron chi connectivity index (χ3n) is 2.57. The Morgan fingerprint density at radius 1 is 0.917 bits per heavy atom. The fraction of sp³-hybridized carbons (Fsp3) is 0.333. The summed E-state index contributed by atoms with van der Waals surface area (Å²) >= 11 is 0. The lowest BCUT2D eigenvalue weighted by molar-refractivity contribution is 0.886. The molecule has 0 spiro atoms. The van der Waals surface area contributed by atoms with Crippen LogP contribution in [0, 0.1) is 0 Å². The van der Waals surface area contributed by atoms with E-state index in [-0.39, 0.29) is 0 Å². The molecule has 0 N–H and O–H groups in total. The van der Waals surface area contributed by atoms with Crippen molar-refractivity contribution in [1.82, 2.24) is 0 Å². The van der Waals surface area contributed by atoms with Crippen LogP contribution in [-0.4, -0.2) is 0 Å². The highest BCUT2D eigenvalue weighted by atomic mass is 14.1. The first-order valence-corrected chi connectivity index (χ1v) is 4.63. The Kier molecular flexibility index (Phi) is 1.99. The molecule has 12 heavy (non-hydrogen) atoms. The van der Waals surface area contributed by atoms with Crippen LogP contribution < -0.4 is 10.4 Å². The standard InChI is InChI=1S/C12H14/c1-10-6-8-12(9-7-10)11-4-2-3-5-11/h6-9H,1-5H2. The zero-order chi connectivity index (χ0) is 8.39. The van der Waals surface area contributed by atoms with Gasteiger partial charge >= 0.3 is 0 Å². The van der Waals surface area contributed by atoms with E-state index in [2.05, 4.69) is 30.8 Å². The van der Waals surface area contributed by atoms with Crippen molar-refractivity contribution in [2.45, 2.75) is 25.7 Å². The molecule has 0 radical (unpaired) electrons. The highest BCUT2D eigenvalue weighted by Gasteiger charge is 2.05. The summed E-state index contributed by atoms with van der Waals surface area (Å²) in [5.41, 5.74) is 1.63. The molecule has 0 heteroatoms. The van der Waals surface area contributed by atoms with Crippen molar-refractivity contribution in [3.63, 3.8) is 0 Å². The highest BCUT2D eigenvalue weighted by molar-refractivity contribution is 5.46. The molecule has 1 aliphatic rings. The van der Waals surface area contributed by atoms with E-state index in [1.807, 2.05) is 0 Å². The predicted molar refractivity (Wildman–Crippen MR) is 53.1 cm³/mol. The lowest BCUT2D eigenvalue weighted by atomic mass is 10.1. The first kappa shape index (κ1) is 7.60. The minimum absolute atomic E-state index is 1.11. The van der Waals surface area contributed by atoms with Gasteiger partial charge in [0.1, 0.15) is 0 Å². The molecule has 1 saturated carbocycles. The molecule has 1 aromatic rings. The molecule has 0 aromatic heterocycles. The topological polar surface area (TPSA) is 0 Å². The summed E-state index contributed by atoms with van der Waals surface area (Å²) in [5.74, 6) is 0. The summed E-state index contributed by atoms with van der Waals surface area (Å²) in [6, 6.07) is 8.59. The van der Waals surface area contributed by atoms with Gasteiger partial charge in [0.15, 0.2) is 0 Å². The fourth-order valence-corrected chi connectivity index (χ4v) is 1.83. The van der Waals surface area contributed by atoms with Crippen LogP contribution in [0.25, 0.3) is 12.2 Å². The van der Waals surface area contributed by atoms with Crippen molar-refractivity contribution >= 4 is 12.2 Å². The second-order valence-electron chi connectivity index (χ2n) is 3.51. The second-order valence-corrected chi connectivity index (χ2v) is 3.51. The summed E-state index contributed by atoms with van der Waals surface area (Å²) < 4.78 is 0. The van der Waals surface area contributed by atoms with Gasteiger partial charge in [-0.15, -0.1) is 0 Å². The first-order valence-electron chi connectivity index (χ1n) is 4.63. The van der Waals surface area contributed by atoms with Gasteiger partial charge in [-0.1, -0.05) is 36.4 Å². The molecule has 0 heterocycles. The van der Waals surface area contributed by atoms with Crippen molar-refractivity contribution in [1.29, 1.82) is 0 Å². The molecule has 1 aromatic carbocycles. The number of benzene rings is 1. The van der Waals surface area contributed by atoms with E-state index in [9.17, 15) is 0 Å². The van der Waals surface area contributed by atoms with Crippen molar-refractivity contribution in [2.75, 3.05) is 0 Å². The van der Waals surface area contributed by atoms with Crippen LogP contribution in [-0.2, 0) is 0 Å². The number of rotatable bonds is 0.